The molecule has 1 amide bonds. The van der Waals surface area contributed by atoms with Crippen molar-refractivity contribution >= 4 is 11.6 Å². The molecule has 3 rings (SSSR count). The summed E-state index contributed by atoms with van der Waals surface area (Å²) in [5.74, 6) is 0.0787. The second kappa shape index (κ2) is 6.50. The Bertz CT molecular complexity index is 782. The summed E-state index contributed by atoms with van der Waals surface area (Å²) in [6, 6.07) is 8.08. The molecule has 2 aromatic rings. The van der Waals surface area contributed by atoms with Crippen molar-refractivity contribution in [3.8, 4) is 0 Å². The molecule has 1 aromatic heterocycles. The first-order valence-corrected chi connectivity index (χ1v) is 8.25. The zero-order chi connectivity index (χ0) is 18.2. The van der Waals surface area contributed by atoms with Crippen LogP contribution in [-0.2, 0) is 12.6 Å². The van der Waals surface area contributed by atoms with Crippen LogP contribution in [0.4, 0.5) is 18.9 Å². The van der Waals surface area contributed by atoms with Crippen molar-refractivity contribution in [2.75, 3.05) is 11.4 Å². The van der Waals surface area contributed by atoms with E-state index in [0.717, 1.165) is 36.4 Å². The number of benzene rings is 1. The maximum absolute atomic E-state index is 12.7. The predicted octanol–water partition coefficient (Wildman–Crippen LogP) is 4.82. The Morgan fingerprint density at radius 3 is 2.56 bits per heavy atom. The van der Waals surface area contributed by atoms with E-state index in [1.54, 1.807) is 4.90 Å². The van der Waals surface area contributed by atoms with Gasteiger partial charge in [0.2, 0.25) is 0 Å². The third kappa shape index (κ3) is 3.52. The second-order valence-corrected chi connectivity index (χ2v) is 6.53. The van der Waals surface area contributed by atoms with E-state index in [4.69, 9.17) is 0 Å². The van der Waals surface area contributed by atoms with Gasteiger partial charge in [-0.05, 0) is 48.1 Å². The molecule has 1 aliphatic heterocycles. The summed E-state index contributed by atoms with van der Waals surface area (Å²) in [6.07, 6.45) is -1.78. The molecule has 0 unspecified atom stereocenters. The number of amides is 1. The van der Waals surface area contributed by atoms with Gasteiger partial charge in [-0.2, -0.15) is 13.2 Å². The molecular weight excluding hydrogens is 329 g/mol. The predicted molar refractivity (Wildman–Crippen MR) is 89.8 cm³/mol. The van der Waals surface area contributed by atoms with Gasteiger partial charge >= 0.3 is 6.18 Å². The van der Waals surface area contributed by atoms with Gasteiger partial charge in [0.05, 0.1) is 5.56 Å². The standard InChI is InChI=1S/C19H19F3N2O/c1-12(2)13-5-7-16-14(10-13)4-3-9-24(16)18(25)15-6-8-17(23-11-15)19(20,21)22/h5-8,10-12H,3-4,9H2,1-2H3. The first-order chi connectivity index (χ1) is 11.8. The van der Waals surface area contributed by atoms with Gasteiger partial charge in [-0.25, -0.2) is 0 Å². The van der Waals surface area contributed by atoms with Crippen LogP contribution < -0.4 is 4.90 Å². The van der Waals surface area contributed by atoms with Crippen LogP contribution in [0.3, 0.4) is 0 Å². The average molecular weight is 348 g/mol. The molecule has 0 bridgehead atoms. The van der Waals surface area contributed by atoms with E-state index in [2.05, 4.69) is 24.9 Å². The number of anilines is 1. The normalized spacial score (nSPS) is 14.6. The van der Waals surface area contributed by atoms with Crippen LogP contribution in [0.5, 0.6) is 0 Å². The quantitative estimate of drug-likeness (QED) is 0.780. The number of carbonyl (C=O) groups excluding carboxylic acids is 1. The van der Waals surface area contributed by atoms with Crippen molar-refractivity contribution in [1.82, 2.24) is 4.98 Å². The molecule has 0 fully saturated rings. The Labute approximate surface area is 144 Å². The van der Waals surface area contributed by atoms with Crippen molar-refractivity contribution in [1.29, 1.82) is 0 Å². The van der Waals surface area contributed by atoms with Crippen molar-refractivity contribution in [2.24, 2.45) is 0 Å². The Balaban J connectivity index is 1.89. The summed E-state index contributed by atoms with van der Waals surface area (Å²) in [4.78, 5) is 17.8. The first kappa shape index (κ1) is 17.5. The lowest BCUT2D eigenvalue weighted by atomic mass is 9.94. The topological polar surface area (TPSA) is 33.2 Å². The number of carbonyl (C=O) groups is 1. The van der Waals surface area contributed by atoms with Crippen LogP contribution in [0.2, 0.25) is 0 Å². The minimum absolute atomic E-state index is 0.161. The van der Waals surface area contributed by atoms with Crippen LogP contribution in [0.1, 0.15) is 53.4 Å². The number of alkyl halides is 3. The van der Waals surface area contributed by atoms with Gasteiger partial charge in [-0.3, -0.25) is 9.78 Å². The van der Waals surface area contributed by atoms with Crippen LogP contribution >= 0.6 is 0 Å². The maximum atomic E-state index is 12.7. The van der Waals surface area contributed by atoms with E-state index in [1.807, 2.05) is 12.1 Å². The molecule has 6 heteroatoms. The van der Waals surface area contributed by atoms with Crippen molar-refractivity contribution in [3.63, 3.8) is 0 Å². The number of aryl methyl sites for hydroxylation is 1. The average Bonchev–Trinajstić information content (AvgIpc) is 2.59. The van der Waals surface area contributed by atoms with E-state index in [9.17, 15) is 18.0 Å². The van der Waals surface area contributed by atoms with Crippen molar-refractivity contribution < 1.29 is 18.0 Å². The number of pyridine rings is 1. The minimum atomic E-state index is -4.51. The maximum Gasteiger partial charge on any atom is 0.433 e. The molecule has 0 saturated heterocycles. The lowest BCUT2D eigenvalue weighted by Gasteiger charge is -2.30. The fourth-order valence-corrected chi connectivity index (χ4v) is 3.03. The number of hydrogen-bond donors (Lipinski definition) is 0. The van der Waals surface area contributed by atoms with Gasteiger partial charge in [-0.15, -0.1) is 0 Å². The highest BCUT2D eigenvalue weighted by Gasteiger charge is 2.32. The number of rotatable bonds is 2. The van der Waals surface area contributed by atoms with E-state index in [-0.39, 0.29) is 11.5 Å². The van der Waals surface area contributed by atoms with Crippen molar-refractivity contribution in [2.45, 2.75) is 38.8 Å². The lowest BCUT2D eigenvalue weighted by Crippen LogP contribution is -2.35. The number of aromatic nitrogens is 1. The molecular formula is C19H19F3N2O. The number of nitrogens with zero attached hydrogens (tertiary/aromatic N) is 2. The fraction of sp³-hybridized carbons (Fsp3) is 0.368. The molecule has 1 aromatic carbocycles. The molecule has 0 spiro atoms. The number of halogens is 3. The van der Waals surface area contributed by atoms with Gasteiger partial charge in [0, 0.05) is 18.4 Å². The zero-order valence-corrected chi connectivity index (χ0v) is 14.1. The molecule has 3 nitrogen and oxygen atoms in total. The summed E-state index contributed by atoms with van der Waals surface area (Å²) < 4.78 is 37.9. The molecule has 0 saturated carbocycles. The Kier molecular flexibility index (Phi) is 4.54. The van der Waals surface area contributed by atoms with Gasteiger partial charge in [-0.1, -0.05) is 26.0 Å². The lowest BCUT2D eigenvalue weighted by molar-refractivity contribution is -0.141. The number of hydrogen-bond acceptors (Lipinski definition) is 2. The number of fused-ring (bicyclic) bond motifs is 1. The SMILES string of the molecule is CC(C)c1ccc2c(c1)CCCN2C(=O)c1ccc(C(F)(F)F)nc1. The van der Waals surface area contributed by atoms with Crippen LogP contribution in [0, 0.1) is 0 Å². The van der Waals surface area contributed by atoms with Crippen LogP contribution in [0.15, 0.2) is 36.5 Å². The molecule has 1 aliphatic rings. The summed E-state index contributed by atoms with van der Waals surface area (Å²) >= 11 is 0. The molecule has 25 heavy (non-hydrogen) atoms. The molecule has 0 aliphatic carbocycles. The highest BCUT2D eigenvalue weighted by Crippen LogP contribution is 2.32. The minimum Gasteiger partial charge on any atom is -0.308 e. The third-order valence-electron chi connectivity index (χ3n) is 4.43. The Morgan fingerprint density at radius 2 is 1.96 bits per heavy atom. The highest BCUT2D eigenvalue weighted by atomic mass is 19.4. The first-order valence-electron chi connectivity index (χ1n) is 8.25. The van der Waals surface area contributed by atoms with Gasteiger partial charge in [0.15, 0.2) is 0 Å². The van der Waals surface area contributed by atoms with Crippen LogP contribution in [0.25, 0.3) is 0 Å². The van der Waals surface area contributed by atoms with Crippen LogP contribution in [-0.4, -0.2) is 17.4 Å². The molecule has 2 heterocycles. The Morgan fingerprint density at radius 1 is 1.20 bits per heavy atom. The molecule has 0 radical (unpaired) electrons. The largest absolute Gasteiger partial charge is 0.433 e. The van der Waals surface area contributed by atoms with E-state index in [0.29, 0.717) is 12.5 Å². The second-order valence-electron chi connectivity index (χ2n) is 6.53. The molecule has 0 atom stereocenters. The van der Waals surface area contributed by atoms with Crippen molar-refractivity contribution in [3.05, 3.63) is 58.9 Å². The summed E-state index contributed by atoms with van der Waals surface area (Å²) in [6.45, 7) is 4.77. The summed E-state index contributed by atoms with van der Waals surface area (Å²) in [7, 11) is 0. The van der Waals surface area contributed by atoms with E-state index >= 15 is 0 Å². The van der Waals surface area contributed by atoms with Gasteiger partial charge in [0.25, 0.3) is 5.91 Å². The monoisotopic (exact) mass is 348 g/mol. The van der Waals surface area contributed by atoms with Gasteiger partial charge in [0.1, 0.15) is 5.69 Å². The summed E-state index contributed by atoms with van der Waals surface area (Å²) in [5, 5.41) is 0. The highest BCUT2D eigenvalue weighted by molar-refractivity contribution is 6.06. The smallest absolute Gasteiger partial charge is 0.308 e. The third-order valence-corrected chi connectivity index (χ3v) is 4.43. The van der Waals surface area contributed by atoms with Gasteiger partial charge < -0.3 is 4.90 Å². The van der Waals surface area contributed by atoms with E-state index < -0.39 is 11.9 Å². The molecule has 0 N–H and O–H groups in total. The fourth-order valence-electron chi connectivity index (χ4n) is 3.03. The molecule has 132 valence electrons. The summed E-state index contributed by atoms with van der Waals surface area (Å²) in [5.41, 5.74) is 2.31. The Hall–Kier alpha value is -2.37. The van der Waals surface area contributed by atoms with E-state index in [1.165, 1.54) is 11.6 Å². The zero-order valence-electron chi connectivity index (χ0n) is 14.1.